The van der Waals surface area contributed by atoms with Crippen LogP contribution in [0.4, 0.5) is 10.1 Å². The molecule has 0 aliphatic carbocycles. The van der Waals surface area contributed by atoms with Crippen molar-refractivity contribution in [2.24, 2.45) is 0 Å². The van der Waals surface area contributed by atoms with Gasteiger partial charge in [0, 0.05) is 23.8 Å². The second-order valence-electron chi connectivity index (χ2n) is 5.70. The molecule has 3 rings (SSSR count). The summed E-state index contributed by atoms with van der Waals surface area (Å²) in [6.45, 7) is 3.87. The van der Waals surface area contributed by atoms with Crippen LogP contribution in [0.5, 0.6) is 0 Å². The van der Waals surface area contributed by atoms with Crippen LogP contribution in [0.25, 0.3) is 5.65 Å². The van der Waals surface area contributed by atoms with Gasteiger partial charge >= 0.3 is 0 Å². The van der Waals surface area contributed by atoms with Crippen LogP contribution >= 0.6 is 11.8 Å². The monoisotopic (exact) mass is 343 g/mol. The van der Waals surface area contributed by atoms with E-state index in [0.717, 1.165) is 16.9 Å². The van der Waals surface area contributed by atoms with E-state index in [1.165, 1.54) is 29.5 Å². The molecule has 0 saturated carbocycles. The molecule has 1 aromatic carbocycles. The number of rotatable bonds is 5. The Kier molecular flexibility index (Phi) is 4.85. The molecule has 0 radical (unpaired) electrons. The number of hydrogen-bond donors (Lipinski definition) is 1. The number of pyridine rings is 1. The lowest BCUT2D eigenvalue weighted by Crippen LogP contribution is -2.15. The number of anilines is 1. The Morgan fingerprint density at radius 3 is 2.92 bits per heavy atom. The minimum absolute atomic E-state index is 0.145. The minimum atomic E-state index is -0.358. The van der Waals surface area contributed by atoms with Crippen molar-refractivity contribution in [2.45, 2.75) is 19.6 Å². The predicted molar refractivity (Wildman–Crippen MR) is 95.9 cm³/mol. The molecular weight excluding hydrogens is 325 g/mol. The number of fused-ring (bicyclic) bond motifs is 1. The predicted octanol–water partition coefficient (Wildman–Crippen LogP) is 3.96. The molecule has 4 nitrogen and oxygen atoms in total. The summed E-state index contributed by atoms with van der Waals surface area (Å²) in [7, 11) is 0. The maximum atomic E-state index is 13.2. The van der Waals surface area contributed by atoms with Crippen LogP contribution in [-0.2, 0) is 10.5 Å². The Morgan fingerprint density at radius 1 is 1.25 bits per heavy atom. The molecule has 0 atom stereocenters. The number of aromatic nitrogens is 2. The molecule has 0 saturated heterocycles. The van der Waals surface area contributed by atoms with E-state index in [4.69, 9.17) is 0 Å². The van der Waals surface area contributed by atoms with E-state index in [1.807, 2.05) is 42.8 Å². The lowest BCUT2D eigenvalue weighted by molar-refractivity contribution is -0.113. The van der Waals surface area contributed by atoms with E-state index in [-0.39, 0.29) is 11.7 Å². The van der Waals surface area contributed by atoms with Crippen molar-refractivity contribution in [3.05, 3.63) is 65.4 Å². The lowest BCUT2D eigenvalue weighted by atomic mass is 10.2. The molecule has 1 N–H and O–H groups in total. The fourth-order valence-electron chi connectivity index (χ4n) is 2.39. The number of thioether (sulfide) groups is 1. The van der Waals surface area contributed by atoms with Gasteiger partial charge in [0.1, 0.15) is 11.5 Å². The number of imidazole rings is 1. The van der Waals surface area contributed by atoms with Gasteiger partial charge in [0.15, 0.2) is 0 Å². The number of aryl methyl sites for hydroxylation is 2. The zero-order valence-corrected chi connectivity index (χ0v) is 14.4. The van der Waals surface area contributed by atoms with Gasteiger partial charge in [-0.05, 0) is 43.2 Å². The number of carbonyl (C=O) groups excluding carboxylic acids is 1. The summed E-state index contributed by atoms with van der Waals surface area (Å²) in [5.41, 5.74) is 4.36. The maximum absolute atomic E-state index is 13.2. The van der Waals surface area contributed by atoms with Crippen LogP contribution in [0, 0.1) is 19.7 Å². The third kappa shape index (κ3) is 3.94. The highest BCUT2D eigenvalue weighted by atomic mass is 32.2. The fourth-order valence-corrected chi connectivity index (χ4v) is 3.10. The maximum Gasteiger partial charge on any atom is 0.234 e. The molecule has 124 valence electrons. The second kappa shape index (κ2) is 7.05. The molecule has 0 fully saturated rings. The Balaban J connectivity index is 1.55. The molecule has 24 heavy (non-hydrogen) atoms. The molecule has 0 aliphatic rings. The number of amides is 1. The molecule has 0 spiro atoms. The summed E-state index contributed by atoms with van der Waals surface area (Å²) in [4.78, 5) is 16.5. The molecule has 0 aliphatic heterocycles. The van der Waals surface area contributed by atoms with Gasteiger partial charge < -0.3 is 9.72 Å². The summed E-state index contributed by atoms with van der Waals surface area (Å²) in [6, 6.07) is 8.36. The Labute approximate surface area is 144 Å². The van der Waals surface area contributed by atoms with Crippen LogP contribution in [-0.4, -0.2) is 21.0 Å². The highest BCUT2D eigenvalue weighted by molar-refractivity contribution is 7.99. The summed E-state index contributed by atoms with van der Waals surface area (Å²) in [6.07, 6.45) is 4.00. The smallest absolute Gasteiger partial charge is 0.234 e. The van der Waals surface area contributed by atoms with Crippen LogP contribution in [0.2, 0.25) is 0 Å². The third-order valence-corrected chi connectivity index (χ3v) is 4.57. The molecule has 2 aromatic heterocycles. The van der Waals surface area contributed by atoms with Crippen molar-refractivity contribution in [1.82, 2.24) is 9.38 Å². The summed E-state index contributed by atoms with van der Waals surface area (Å²) < 4.78 is 15.2. The van der Waals surface area contributed by atoms with Gasteiger partial charge in [0.05, 0.1) is 11.4 Å². The van der Waals surface area contributed by atoms with E-state index in [9.17, 15) is 9.18 Å². The van der Waals surface area contributed by atoms with E-state index in [1.54, 1.807) is 6.07 Å². The van der Waals surface area contributed by atoms with Crippen molar-refractivity contribution in [3.63, 3.8) is 0 Å². The topological polar surface area (TPSA) is 46.4 Å². The molecular formula is C18H18FN3OS. The lowest BCUT2D eigenvalue weighted by Gasteiger charge is -2.08. The highest BCUT2D eigenvalue weighted by Gasteiger charge is 2.08. The number of nitrogens with one attached hydrogen (secondary N) is 1. The molecule has 1 amide bonds. The Hall–Kier alpha value is -2.34. The first-order chi connectivity index (χ1) is 11.5. The minimum Gasteiger partial charge on any atom is -0.325 e. The standard InChI is InChI=1S/C18H18FN3OS/c1-12-3-6-17-20-15(9-22(17)8-12)10-24-11-18(23)21-16-7-14(19)5-4-13(16)2/h3-9H,10-11H2,1-2H3,(H,21,23). The van der Waals surface area contributed by atoms with Gasteiger partial charge in [0.2, 0.25) is 5.91 Å². The number of halogens is 1. The Morgan fingerprint density at radius 2 is 2.08 bits per heavy atom. The summed E-state index contributed by atoms with van der Waals surface area (Å²) in [5, 5.41) is 2.75. The largest absolute Gasteiger partial charge is 0.325 e. The number of benzene rings is 1. The van der Waals surface area contributed by atoms with Gasteiger partial charge in [-0.1, -0.05) is 12.1 Å². The average molecular weight is 343 g/mol. The van der Waals surface area contributed by atoms with Crippen molar-refractivity contribution in [3.8, 4) is 0 Å². The first-order valence-corrected chi connectivity index (χ1v) is 8.75. The molecule has 0 unspecified atom stereocenters. The normalized spacial score (nSPS) is 11.0. The van der Waals surface area contributed by atoms with Crippen LogP contribution < -0.4 is 5.32 Å². The molecule has 0 bridgehead atoms. The van der Waals surface area contributed by atoms with Gasteiger partial charge in [-0.3, -0.25) is 4.79 Å². The fraction of sp³-hybridized carbons (Fsp3) is 0.222. The van der Waals surface area contributed by atoms with E-state index < -0.39 is 0 Å². The van der Waals surface area contributed by atoms with Crippen LogP contribution in [0.15, 0.2) is 42.7 Å². The first kappa shape index (κ1) is 16.5. The highest BCUT2D eigenvalue weighted by Crippen LogP contribution is 2.18. The zero-order valence-electron chi connectivity index (χ0n) is 13.5. The van der Waals surface area contributed by atoms with Crippen molar-refractivity contribution < 1.29 is 9.18 Å². The van der Waals surface area contributed by atoms with Gasteiger partial charge in [-0.15, -0.1) is 11.8 Å². The molecule has 2 heterocycles. The van der Waals surface area contributed by atoms with E-state index in [0.29, 0.717) is 17.2 Å². The van der Waals surface area contributed by atoms with Crippen molar-refractivity contribution >= 4 is 29.0 Å². The average Bonchev–Trinajstić information content (AvgIpc) is 2.92. The van der Waals surface area contributed by atoms with E-state index in [2.05, 4.69) is 10.3 Å². The zero-order chi connectivity index (χ0) is 17.1. The first-order valence-electron chi connectivity index (χ1n) is 7.59. The summed E-state index contributed by atoms with van der Waals surface area (Å²) >= 11 is 1.48. The SMILES string of the molecule is Cc1ccc2nc(CSCC(=O)Nc3cc(F)ccc3C)cn2c1. The van der Waals surface area contributed by atoms with Crippen LogP contribution in [0.1, 0.15) is 16.8 Å². The van der Waals surface area contributed by atoms with E-state index >= 15 is 0 Å². The Bertz CT molecular complexity index is 891. The third-order valence-electron chi connectivity index (χ3n) is 3.61. The van der Waals surface area contributed by atoms with Crippen molar-refractivity contribution in [1.29, 1.82) is 0 Å². The summed E-state index contributed by atoms with van der Waals surface area (Å²) in [5.74, 6) is 0.441. The molecule has 6 heteroatoms. The number of nitrogens with zero attached hydrogens (tertiary/aromatic N) is 2. The number of hydrogen-bond acceptors (Lipinski definition) is 3. The quantitative estimate of drug-likeness (QED) is 0.763. The second-order valence-corrected chi connectivity index (χ2v) is 6.69. The number of carbonyl (C=O) groups is 1. The van der Waals surface area contributed by atoms with Gasteiger partial charge in [-0.25, -0.2) is 9.37 Å². The van der Waals surface area contributed by atoms with Gasteiger partial charge in [-0.2, -0.15) is 0 Å². The van der Waals surface area contributed by atoms with Gasteiger partial charge in [0.25, 0.3) is 0 Å². The van der Waals surface area contributed by atoms with Crippen molar-refractivity contribution in [2.75, 3.05) is 11.1 Å². The van der Waals surface area contributed by atoms with Crippen LogP contribution in [0.3, 0.4) is 0 Å². The molecule has 3 aromatic rings.